The van der Waals surface area contributed by atoms with E-state index in [1.54, 1.807) is 6.92 Å². The molecule has 0 aliphatic rings. The van der Waals surface area contributed by atoms with Crippen LogP contribution >= 0.6 is 11.8 Å². The number of benzene rings is 1. The van der Waals surface area contributed by atoms with Crippen molar-refractivity contribution in [1.82, 2.24) is 0 Å². The van der Waals surface area contributed by atoms with E-state index in [9.17, 15) is 9.59 Å². The topological polar surface area (TPSA) is 54.4 Å². The first kappa shape index (κ1) is 10.8. The Morgan fingerprint density at radius 1 is 1.29 bits per heavy atom. The highest BCUT2D eigenvalue weighted by atomic mass is 32.2. The van der Waals surface area contributed by atoms with Gasteiger partial charge in [0.05, 0.1) is 0 Å². The maximum absolute atomic E-state index is 10.9. The van der Waals surface area contributed by atoms with Crippen LogP contribution in [-0.2, 0) is 9.59 Å². The van der Waals surface area contributed by atoms with Gasteiger partial charge >= 0.3 is 5.97 Å². The molecule has 0 bridgehead atoms. The minimum atomic E-state index is -1.39. The second kappa shape index (κ2) is 4.81. The number of aliphatic carboxylic acids is 1. The van der Waals surface area contributed by atoms with Gasteiger partial charge < -0.3 is 5.11 Å². The Morgan fingerprint density at radius 2 is 1.86 bits per heavy atom. The third-order valence-electron chi connectivity index (χ3n) is 1.73. The maximum Gasteiger partial charge on any atom is 0.383 e. The van der Waals surface area contributed by atoms with E-state index in [0.29, 0.717) is 0 Å². The Morgan fingerprint density at radius 3 is 2.36 bits per heavy atom. The molecule has 1 aromatic rings. The fourth-order valence-electron chi connectivity index (χ4n) is 1.00. The van der Waals surface area contributed by atoms with Crippen molar-refractivity contribution in [3.63, 3.8) is 0 Å². The Kier molecular flexibility index (Phi) is 3.71. The number of hydrogen-bond acceptors (Lipinski definition) is 3. The Balaban J connectivity index is 2.64. The zero-order valence-corrected chi connectivity index (χ0v) is 8.45. The third kappa shape index (κ3) is 2.88. The number of hydrogen-bond donors (Lipinski definition) is 1. The molecule has 1 rings (SSSR count). The molecule has 0 amide bonds. The summed E-state index contributed by atoms with van der Waals surface area (Å²) < 4.78 is 0. The molecule has 0 heterocycles. The Hall–Kier alpha value is -1.29. The number of carboxylic acids is 1. The molecule has 0 spiro atoms. The lowest BCUT2D eigenvalue weighted by atomic mass is 10.2. The van der Waals surface area contributed by atoms with E-state index in [2.05, 4.69) is 0 Å². The lowest BCUT2D eigenvalue weighted by Gasteiger charge is -2.07. The van der Waals surface area contributed by atoms with Crippen molar-refractivity contribution in [2.45, 2.75) is 12.2 Å². The third-order valence-corrected chi connectivity index (χ3v) is 2.74. The summed E-state index contributed by atoms with van der Waals surface area (Å²) in [6.07, 6.45) is 0. The SMILES string of the molecule is CC(SC(=O)C(=O)O)c1ccccc1. The van der Waals surface area contributed by atoms with Crippen molar-refractivity contribution in [2.75, 3.05) is 0 Å². The first-order valence-electron chi connectivity index (χ1n) is 4.10. The molecule has 4 heteroatoms. The summed E-state index contributed by atoms with van der Waals surface area (Å²) in [7, 11) is 0. The molecule has 0 aliphatic carbocycles. The van der Waals surface area contributed by atoms with E-state index < -0.39 is 11.1 Å². The molecule has 0 saturated carbocycles. The highest BCUT2D eigenvalue weighted by Gasteiger charge is 2.17. The van der Waals surface area contributed by atoms with E-state index in [-0.39, 0.29) is 5.25 Å². The van der Waals surface area contributed by atoms with Gasteiger partial charge in [-0.3, -0.25) is 4.79 Å². The molecule has 1 atom stereocenters. The highest BCUT2D eigenvalue weighted by Crippen LogP contribution is 2.28. The molecule has 74 valence electrons. The van der Waals surface area contributed by atoms with Gasteiger partial charge in [0.25, 0.3) is 5.12 Å². The summed E-state index contributed by atoms with van der Waals surface area (Å²) in [6.45, 7) is 1.81. The lowest BCUT2D eigenvalue weighted by Crippen LogP contribution is -2.09. The van der Waals surface area contributed by atoms with Crippen LogP contribution in [-0.4, -0.2) is 16.2 Å². The van der Waals surface area contributed by atoms with Gasteiger partial charge in [-0.1, -0.05) is 42.1 Å². The first-order chi connectivity index (χ1) is 6.61. The van der Waals surface area contributed by atoms with E-state index in [4.69, 9.17) is 5.11 Å². The van der Waals surface area contributed by atoms with Crippen LogP contribution in [0.1, 0.15) is 17.7 Å². The summed E-state index contributed by atoms with van der Waals surface area (Å²) in [5.41, 5.74) is 0.951. The van der Waals surface area contributed by atoms with Gasteiger partial charge in [-0.2, -0.15) is 0 Å². The van der Waals surface area contributed by atoms with Gasteiger partial charge in [-0.05, 0) is 12.5 Å². The van der Waals surface area contributed by atoms with Crippen LogP contribution in [0, 0.1) is 0 Å². The van der Waals surface area contributed by atoms with E-state index in [0.717, 1.165) is 17.3 Å². The molecule has 3 nitrogen and oxygen atoms in total. The molecule has 1 unspecified atom stereocenters. The smallest absolute Gasteiger partial charge is 0.383 e. The zero-order valence-electron chi connectivity index (χ0n) is 7.64. The average molecular weight is 210 g/mol. The predicted octanol–water partition coefficient (Wildman–Crippen LogP) is 2.09. The minimum absolute atomic E-state index is 0.125. The molecule has 1 aromatic carbocycles. The highest BCUT2D eigenvalue weighted by molar-refractivity contribution is 8.15. The predicted molar refractivity (Wildman–Crippen MR) is 55.1 cm³/mol. The summed E-state index contributed by atoms with van der Waals surface area (Å²) in [4.78, 5) is 21.2. The fourth-order valence-corrected chi connectivity index (χ4v) is 1.72. The van der Waals surface area contributed by atoms with Crippen LogP contribution in [0.5, 0.6) is 0 Å². The van der Waals surface area contributed by atoms with Crippen molar-refractivity contribution in [3.8, 4) is 0 Å². The summed E-state index contributed by atoms with van der Waals surface area (Å²) in [5, 5.41) is 7.46. The normalized spacial score (nSPS) is 12.1. The molecule has 0 saturated heterocycles. The Bertz CT molecular complexity index is 334. The van der Waals surface area contributed by atoms with Gasteiger partial charge in [0.1, 0.15) is 0 Å². The van der Waals surface area contributed by atoms with Crippen molar-refractivity contribution >= 4 is 22.8 Å². The molecule has 0 fully saturated rings. The second-order valence-corrected chi connectivity index (χ2v) is 4.08. The van der Waals surface area contributed by atoms with Gasteiger partial charge in [-0.25, -0.2) is 4.79 Å². The fraction of sp³-hybridized carbons (Fsp3) is 0.200. The van der Waals surface area contributed by atoms with Gasteiger partial charge in [0.15, 0.2) is 0 Å². The molecule has 0 aliphatic heterocycles. The molecular formula is C10H10O3S. The molecule has 0 aromatic heterocycles. The molecule has 0 radical (unpaired) electrons. The number of thioether (sulfide) groups is 1. The zero-order chi connectivity index (χ0) is 10.6. The van der Waals surface area contributed by atoms with E-state index in [1.165, 1.54) is 0 Å². The van der Waals surface area contributed by atoms with Crippen molar-refractivity contribution in [2.24, 2.45) is 0 Å². The molecule has 1 N–H and O–H groups in total. The number of carbonyl (C=O) groups excluding carboxylic acids is 1. The van der Waals surface area contributed by atoms with Crippen molar-refractivity contribution in [3.05, 3.63) is 35.9 Å². The maximum atomic E-state index is 10.9. The van der Waals surface area contributed by atoms with Crippen LogP contribution in [0.15, 0.2) is 30.3 Å². The first-order valence-corrected chi connectivity index (χ1v) is 4.98. The Labute approximate surface area is 86.1 Å². The van der Waals surface area contributed by atoms with Crippen molar-refractivity contribution in [1.29, 1.82) is 0 Å². The van der Waals surface area contributed by atoms with Crippen LogP contribution in [0.4, 0.5) is 0 Å². The van der Waals surface area contributed by atoms with Crippen LogP contribution in [0.2, 0.25) is 0 Å². The average Bonchev–Trinajstić information content (AvgIpc) is 2.19. The monoisotopic (exact) mass is 210 g/mol. The summed E-state index contributed by atoms with van der Waals surface area (Å²) in [6, 6.07) is 9.33. The number of carbonyl (C=O) groups is 2. The summed E-state index contributed by atoms with van der Waals surface area (Å²) >= 11 is 0.822. The van der Waals surface area contributed by atoms with E-state index >= 15 is 0 Å². The molecule has 14 heavy (non-hydrogen) atoms. The quantitative estimate of drug-likeness (QED) is 0.759. The second-order valence-electron chi connectivity index (χ2n) is 2.76. The largest absolute Gasteiger partial charge is 0.475 e. The van der Waals surface area contributed by atoms with Crippen molar-refractivity contribution < 1.29 is 14.7 Å². The summed E-state index contributed by atoms with van der Waals surface area (Å²) in [5.74, 6) is -1.39. The lowest BCUT2D eigenvalue weighted by molar-refractivity contribution is -0.144. The molecular weight excluding hydrogens is 200 g/mol. The van der Waals surface area contributed by atoms with Crippen LogP contribution in [0.25, 0.3) is 0 Å². The van der Waals surface area contributed by atoms with Crippen LogP contribution in [0.3, 0.4) is 0 Å². The number of carboxylic acid groups (broad SMARTS) is 1. The number of rotatable bonds is 2. The van der Waals surface area contributed by atoms with E-state index in [1.807, 2.05) is 30.3 Å². The minimum Gasteiger partial charge on any atom is -0.475 e. The van der Waals surface area contributed by atoms with Gasteiger partial charge in [-0.15, -0.1) is 0 Å². The van der Waals surface area contributed by atoms with Gasteiger partial charge in [0.2, 0.25) is 0 Å². The van der Waals surface area contributed by atoms with Gasteiger partial charge in [0, 0.05) is 5.25 Å². The standard InChI is InChI=1S/C10H10O3S/c1-7(14-10(13)9(11)12)8-5-3-2-4-6-8/h2-7H,1H3,(H,11,12). The van der Waals surface area contributed by atoms with Crippen LogP contribution < -0.4 is 0 Å².